The first-order valence-corrected chi connectivity index (χ1v) is 11.0. The number of carbonyl (C=O) groups is 2. The SMILES string of the molecule is COCCCN(C(=O)C1CC(=O)N(Cc2ccco2)C1)c1c(N)n(CC(C)C)c(=O)[nH]c1=O. The van der Waals surface area contributed by atoms with Crippen molar-refractivity contribution in [1.29, 1.82) is 0 Å². The molecule has 3 N–H and O–H groups in total. The van der Waals surface area contributed by atoms with Crippen molar-refractivity contribution >= 4 is 23.3 Å². The fourth-order valence-electron chi connectivity index (χ4n) is 3.99. The Bertz CT molecular complexity index is 1090. The van der Waals surface area contributed by atoms with Crippen molar-refractivity contribution in [2.45, 2.75) is 39.8 Å². The molecule has 11 heteroatoms. The summed E-state index contributed by atoms with van der Waals surface area (Å²) in [5, 5.41) is 0. The van der Waals surface area contributed by atoms with Crippen LogP contribution in [-0.2, 0) is 27.4 Å². The molecule has 0 aromatic carbocycles. The Morgan fingerprint density at radius 1 is 1.36 bits per heavy atom. The molecule has 1 unspecified atom stereocenters. The highest BCUT2D eigenvalue weighted by Gasteiger charge is 2.38. The maximum atomic E-state index is 13.5. The maximum absolute atomic E-state index is 13.5. The predicted molar refractivity (Wildman–Crippen MR) is 122 cm³/mol. The van der Waals surface area contributed by atoms with Crippen LogP contribution in [0.15, 0.2) is 32.4 Å². The summed E-state index contributed by atoms with van der Waals surface area (Å²) in [5.41, 5.74) is 4.81. The lowest BCUT2D eigenvalue weighted by molar-refractivity contribution is -0.129. The summed E-state index contributed by atoms with van der Waals surface area (Å²) in [7, 11) is 1.54. The number of nitrogens with two attached hydrogens (primary N) is 1. The lowest BCUT2D eigenvalue weighted by Gasteiger charge is -2.27. The van der Waals surface area contributed by atoms with Gasteiger partial charge in [0, 0.05) is 39.8 Å². The number of ether oxygens (including phenoxy) is 1. The number of anilines is 2. The van der Waals surface area contributed by atoms with Crippen molar-refractivity contribution in [2.24, 2.45) is 11.8 Å². The third kappa shape index (κ3) is 5.54. The molecular weight excluding hydrogens is 430 g/mol. The monoisotopic (exact) mass is 461 g/mol. The van der Waals surface area contributed by atoms with E-state index in [9.17, 15) is 19.2 Å². The summed E-state index contributed by atoms with van der Waals surface area (Å²) in [6, 6.07) is 3.49. The first-order chi connectivity index (χ1) is 15.7. The molecule has 1 aliphatic rings. The maximum Gasteiger partial charge on any atom is 0.330 e. The quantitative estimate of drug-likeness (QED) is 0.498. The zero-order chi connectivity index (χ0) is 24.1. The predicted octanol–water partition coefficient (Wildman–Crippen LogP) is 0.786. The molecule has 0 aliphatic carbocycles. The number of hydrogen-bond donors (Lipinski definition) is 2. The van der Waals surface area contributed by atoms with Gasteiger partial charge in [0.05, 0.1) is 18.7 Å². The van der Waals surface area contributed by atoms with E-state index < -0.39 is 23.1 Å². The molecule has 0 saturated carbocycles. The molecular formula is C22H31N5O6. The zero-order valence-corrected chi connectivity index (χ0v) is 19.2. The minimum absolute atomic E-state index is 0.0176. The molecule has 3 rings (SSSR count). The Labute approximate surface area is 191 Å². The minimum atomic E-state index is -0.736. The number of amides is 2. The largest absolute Gasteiger partial charge is 0.467 e. The molecule has 2 aromatic heterocycles. The van der Waals surface area contributed by atoms with Gasteiger partial charge in [-0.2, -0.15) is 0 Å². The van der Waals surface area contributed by atoms with Crippen LogP contribution in [0.25, 0.3) is 0 Å². The number of aromatic amines is 1. The molecule has 33 heavy (non-hydrogen) atoms. The van der Waals surface area contributed by atoms with E-state index in [-0.39, 0.29) is 55.9 Å². The van der Waals surface area contributed by atoms with E-state index in [1.165, 1.54) is 22.8 Å². The van der Waals surface area contributed by atoms with Gasteiger partial charge in [0.1, 0.15) is 11.6 Å². The van der Waals surface area contributed by atoms with Gasteiger partial charge in [-0.3, -0.25) is 23.9 Å². The molecule has 0 bridgehead atoms. The van der Waals surface area contributed by atoms with E-state index in [0.29, 0.717) is 18.8 Å². The molecule has 3 heterocycles. The third-order valence-electron chi connectivity index (χ3n) is 5.52. The lowest BCUT2D eigenvalue weighted by atomic mass is 10.1. The number of nitrogen functional groups attached to an aromatic ring is 1. The fraction of sp³-hybridized carbons (Fsp3) is 0.545. The normalized spacial score (nSPS) is 16.1. The molecule has 1 saturated heterocycles. The van der Waals surface area contributed by atoms with Gasteiger partial charge in [-0.1, -0.05) is 13.8 Å². The lowest BCUT2D eigenvalue weighted by Crippen LogP contribution is -2.44. The van der Waals surface area contributed by atoms with Gasteiger partial charge in [0.25, 0.3) is 5.56 Å². The number of aromatic nitrogens is 2. The molecule has 0 radical (unpaired) electrons. The van der Waals surface area contributed by atoms with Crippen molar-refractivity contribution in [3.63, 3.8) is 0 Å². The van der Waals surface area contributed by atoms with E-state index in [4.69, 9.17) is 14.9 Å². The van der Waals surface area contributed by atoms with Gasteiger partial charge in [0.2, 0.25) is 11.8 Å². The molecule has 180 valence electrons. The van der Waals surface area contributed by atoms with Crippen LogP contribution < -0.4 is 21.9 Å². The molecule has 2 amide bonds. The standard InChI is InChI=1S/C22H31N5O6/c1-14(2)11-27-19(23)18(20(29)24-22(27)31)26(7-5-8-32-3)21(30)15-10-17(28)25(12-15)13-16-6-4-9-33-16/h4,6,9,14-15H,5,7-8,10-13,23H2,1-3H3,(H,24,29,31). The summed E-state index contributed by atoms with van der Waals surface area (Å²) < 4.78 is 11.7. The number of H-pyrrole nitrogens is 1. The highest BCUT2D eigenvalue weighted by Crippen LogP contribution is 2.26. The Morgan fingerprint density at radius 3 is 2.76 bits per heavy atom. The van der Waals surface area contributed by atoms with Gasteiger partial charge >= 0.3 is 5.69 Å². The summed E-state index contributed by atoms with van der Waals surface area (Å²) in [6.07, 6.45) is 1.99. The van der Waals surface area contributed by atoms with Crippen LogP contribution in [0.1, 0.15) is 32.4 Å². The Balaban J connectivity index is 1.91. The molecule has 1 aliphatic heterocycles. The van der Waals surface area contributed by atoms with Gasteiger partial charge in [-0.15, -0.1) is 0 Å². The smallest absolute Gasteiger partial charge is 0.330 e. The van der Waals surface area contributed by atoms with E-state index in [1.54, 1.807) is 17.0 Å². The Morgan fingerprint density at radius 2 is 2.12 bits per heavy atom. The number of likely N-dealkylation sites (tertiary alicyclic amines) is 1. The van der Waals surface area contributed by atoms with Crippen molar-refractivity contribution in [1.82, 2.24) is 14.5 Å². The van der Waals surface area contributed by atoms with Crippen LogP contribution in [0.2, 0.25) is 0 Å². The van der Waals surface area contributed by atoms with Crippen molar-refractivity contribution in [3.8, 4) is 0 Å². The van der Waals surface area contributed by atoms with E-state index in [2.05, 4.69) is 4.98 Å². The highest BCUT2D eigenvalue weighted by molar-refractivity contribution is 6.00. The number of furan rings is 1. The summed E-state index contributed by atoms with van der Waals surface area (Å²) in [6.45, 7) is 5.09. The van der Waals surface area contributed by atoms with Gasteiger partial charge in [-0.05, 0) is 24.5 Å². The zero-order valence-electron chi connectivity index (χ0n) is 19.2. The van der Waals surface area contributed by atoms with Crippen LogP contribution in [0, 0.1) is 11.8 Å². The second-order valence-corrected chi connectivity index (χ2v) is 8.59. The number of hydrogen-bond acceptors (Lipinski definition) is 7. The Kier molecular flexibility index (Phi) is 7.75. The highest BCUT2D eigenvalue weighted by atomic mass is 16.5. The number of carbonyl (C=O) groups excluding carboxylic acids is 2. The molecule has 2 aromatic rings. The minimum Gasteiger partial charge on any atom is -0.467 e. The summed E-state index contributed by atoms with van der Waals surface area (Å²) >= 11 is 0. The van der Waals surface area contributed by atoms with Gasteiger partial charge < -0.3 is 24.7 Å². The molecule has 1 fully saturated rings. The second kappa shape index (κ2) is 10.5. The van der Waals surface area contributed by atoms with Crippen LogP contribution in [0.3, 0.4) is 0 Å². The number of nitrogens with one attached hydrogen (secondary N) is 1. The van der Waals surface area contributed by atoms with Crippen LogP contribution in [-0.4, -0.2) is 53.1 Å². The second-order valence-electron chi connectivity index (χ2n) is 8.59. The average molecular weight is 462 g/mol. The molecule has 0 spiro atoms. The van der Waals surface area contributed by atoms with Crippen LogP contribution >= 0.6 is 0 Å². The number of nitrogens with zero attached hydrogens (tertiary/aromatic N) is 3. The fourth-order valence-corrected chi connectivity index (χ4v) is 3.99. The van der Waals surface area contributed by atoms with Crippen molar-refractivity contribution in [3.05, 3.63) is 45.0 Å². The Hall–Kier alpha value is -3.34. The number of rotatable bonds is 10. The topological polar surface area (TPSA) is 144 Å². The summed E-state index contributed by atoms with van der Waals surface area (Å²) in [4.78, 5) is 56.3. The van der Waals surface area contributed by atoms with Gasteiger partial charge in [0.15, 0.2) is 5.69 Å². The summed E-state index contributed by atoms with van der Waals surface area (Å²) in [5.74, 6) is -0.584. The molecule has 1 atom stereocenters. The first kappa shape index (κ1) is 24.3. The first-order valence-electron chi connectivity index (χ1n) is 11.0. The van der Waals surface area contributed by atoms with Crippen molar-refractivity contribution in [2.75, 3.05) is 37.4 Å². The van der Waals surface area contributed by atoms with E-state index >= 15 is 0 Å². The van der Waals surface area contributed by atoms with E-state index in [0.717, 1.165) is 0 Å². The number of methoxy groups -OCH3 is 1. The molecule has 11 nitrogen and oxygen atoms in total. The van der Waals surface area contributed by atoms with Gasteiger partial charge in [-0.25, -0.2) is 4.79 Å². The average Bonchev–Trinajstić information content (AvgIpc) is 3.39. The third-order valence-corrected chi connectivity index (χ3v) is 5.52. The van der Waals surface area contributed by atoms with Crippen LogP contribution in [0.5, 0.6) is 0 Å². The van der Waals surface area contributed by atoms with E-state index in [1.807, 2.05) is 13.8 Å². The van der Waals surface area contributed by atoms with Crippen LogP contribution in [0.4, 0.5) is 11.5 Å². The van der Waals surface area contributed by atoms with Crippen molar-refractivity contribution < 1.29 is 18.7 Å².